The van der Waals surface area contributed by atoms with E-state index in [9.17, 15) is 14.9 Å². The fourth-order valence-corrected chi connectivity index (χ4v) is 1.74. The van der Waals surface area contributed by atoms with Crippen molar-refractivity contribution in [3.05, 3.63) is 45.5 Å². The molecule has 0 heterocycles. The summed E-state index contributed by atoms with van der Waals surface area (Å²) < 4.78 is 4.98. The van der Waals surface area contributed by atoms with Crippen molar-refractivity contribution in [1.82, 2.24) is 0 Å². The average molecular weight is 423 g/mol. The van der Waals surface area contributed by atoms with E-state index in [0.29, 0.717) is 0 Å². The zero-order chi connectivity index (χ0) is 15.1. The summed E-state index contributed by atoms with van der Waals surface area (Å²) in [5.74, 6) is -0.0307. The zero-order valence-corrected chi connectivity index (χ0v) is 14.5. The number of nitro benzene ring substituents is 1. The maximum absolute atomic E-state index is 11.7. The first-order valence-corrected chi connectivity index (χ1v) is 7.85. The Balaban J connectivity index is 0.00000400. The molecule has 0 aliphatic rings. The molecule has 0 saturated carbocycles. The number of hydrogen-bond donors (Lipinski definition) is 0. The van der Waals surface area contributed by atoms with Gasteiger partial charge in [0.25, 0.3) is 5.69 Å². The first kappa shape index (κ1) is 19.6. The molecule has 7 nitrogen and oxygen atoms in total. The van der Waals surface area contributed by atoms with Gasteiger partial charge in [0, 0.05) is 12.1 Å². The molecular weight excluding hydrogens is 409 g/mol. The van der Waals surface area contributed by atoms with Crippen molar-refractivity contribution in [1.29, 1.82) is 0 Å². The highest BCUT2D eigenvalue weighted by Crippen LogP contribution is 2.12. The molecule has 0 unspecified atom stereocenters. The maximum Gasteiger partial charge on any atom is 0.422 e. The summed E-state index contributed by atoms with van der Waals surface area (Å²) in [7, 11) is 0.145. The van der Waals surface area contributed by atoms with Crippen LogP contribution in [0.15, 0.2) is 24.3 Å². The Morgan fingerprint density at radius 3 is 2.38 bits per heavy atom. The normalized spacial score (nSPS) is 9.48. The van der Waals surface area contributed by atoms with Gasteiger partial charge >= 0.3 is 11.7 Å². The second-order valence-corrected chi connectivity index (χ2v) is 6.46. The summed E-state index contributed by atoms with van der Waals surface area (Å²) in [5, 5.41) is 10.5. The molecular formula is C12H14IN3O4S. The second-order valence-electron chi connectivity index (χ2n) is 4.08. The molecule has 0 N–H and O–H groups in total. The highest BCUT2D eigenvalue weighted by Gasteiger charge is 2.25. The first-order chi connectivity index (χ1) is 9.45. The van der Waals surface area contributed by atoms with Crippen LogP contribution in [0, 0.1) is 10.1 Å². The molecule has 0 spiro atoms. The molecule has 0 aromatic heterocycles. The Bertz CT molecular complexity index is 556. The van der Waals surface area contributed by atoms with E-state index in [4.69, 9.17) is 10.3 Å². The first-order valence-electron chi connectivity index (χ1n) is 5.64. The van der Waals surface area contributed by atoms with Gasteiger partial charge in [-0.15, -0.1) is 0 Å². The van der Waals surface area contributed by atoms with Crippen LogP contribution in [0.4, 0.5) is 5.69 Å². The van der Waals surface area contributed by atoms with Crippen LogP contribution in [-0.4, -0.2) is 46.3 Å². The molecule has 21 heavy (non-hydrogen) atoms. The molecule has 0 radical (unpaired) electrons. The number of hydrogen-bond acceptors (Lipinski definition) is 4. The predicted octanol–water partition coefficient (Wildman–Crippen LogP) is -1.96. The van der Waals surface area contributed by atoms with E-state index in [1.807, 2.05) is 12.5 Å². The van der Waals surface area contributed by atoms with E-state index >= 15 is 0 Å². The van der Waals surface area contributed by atoms with Gasteiger partial charge in [-0.25, -0.2) is 4.79 Å². The Kier molecular flexibility index (Phi) is 8.83. The van der Waals surface area contributed by atoms with Gasteiger partial charge in [0.15, 0.2) is 0 Å². The summed E-state index contributed by atoms with van der Waals surface area (Å²) in [6.45, 7) is 0.237. The topological polar surface area (TPSA) is 106 Å². The quantitative estimate of drug-likeness (QED) is 0.0774. The lowest BCUT2D eigenvalue weighted by Crippen LogP contribution is -3.00. The molecule has 0 saturated heterocycles. The van der Waals surface area contributed by atoms with Crippen LogP contribution >= 0.6 is 0 Å². The molecule has 114 valence electrons. The third kappa shape index (κ3) is 6.23. The molecule has 0 aliphatic carbocycles. The van der Waals surface area contributed by atoms with Crippen LogP contribution in [0.3, 0.4) is 0 Å². The lowest BCUT2D eigenvalue weighted by atomic mass is 10.1. The minimum Gasteiger partial charge on any atom is -1.00 e. The van der Waals surface area contributed by atoms with Gasteiger partial charge in [-0.1, -0.05) is 0 Å². The Hall–Kier alpha value is -1.45. The van der Waals surface area contributed by atoms with Crippen LogP contribution in [0.25, 0.3) is 5.53 Å². The Labute approximate surface area is 141 Å². The summed E-state index contributed by atoms with van der Waals surface area (Å²) >= 11 is 0. The number of carbonyl (C=O) groups is 1. The molecule has 1 aromatic rings. The van der Waals surface area contributed by atoms with E-state index in [-0.39, 0.29) is 58.4 Å². The van der Waals surface area contributed by atoms with Gasteiger partial charge in [0.05, 0.1) is 23.0 Å². The van der Waals surface area contributed by atoms with Crippen molar-refractivity contribution in [2.75, 3.05) is 24.9 Å². The monoisotopic (exact) mass is 423 g/mol. The highest BCUT2D eigenvalue weighted by atomic mass is 127. The summed E-state index contributed by atoms with van der Waals surface area (Å²) in [5.41, 5.74) is 8.77. The van der Waals surface area contributed by atoms with E-state index < -0.39 is 10.9 Å². The predicted molar refractivity (Wildman–Crippen MR) is 75.9 cm³/mol. The molecule has 1 aromatic carbocycles. The van der Waals surface area contributed by atoms with Crippen LogP contribution in [0.2, 0.25) is 0 Å². The minimum absolute atomic E-state index is 0. The fourth-order valence-electron chi connectivity index (χ4n) is 1.33. The standard InChI is InChI=1S/C12H14N3O4S.HI/c1-20(2)8-7-19-12(16)11(14-13)9-3-5-10(6-4-9)15(17)18;/h3-6H,7-8H2,1-2H3;1H/q+1;/p-1. The van der Waals surface area contributed by atoms with Gasteiger partial charge in [0.1, 0.15) is 12.4 Å². The number of benzene rings is 1. The molecule has 0 fully saturated rings. The van der Waals surface area contributed by atoms with Crippen LogP contribution in [0.5, 0.6) is 0 Å². The van der Waals surface area contributed by atoms with Crippen molar-refractivity contribution in [2.45, 2.75) is 0 Å². The molecule has 1 rings (SSSR count). The smallest absolute Gasteiger partial charge is 0.422 e. The molecule has 0 bridgehead atoms. The van der Waals surface area contributed by atoms with Crippen molar-refractivity contribution < 1.29 is 43.2 Å². The number of ether oxygens (including phenoxy) is 1. The lowest BCUT2D eigenvalue weighted by molar-refractivity contribution is -0.384. The highest BCUT2D eigenvalue weighted by molar-refractivity contribution is 7.95. The summed E-state index contributed by atoms with van der Waals surface area (Å²) in [6.07, 6.45) is 4.04. The molecule has 0 amide bonds. The van der Waals surface area contributed by atoms with Gasteiger partial charge in [-0.05, 0) is 23.0 Å². The number of nitro groups is 1. The maximum atomic E-state index is 11.7. The third-order valence-corrected chi connectivity index (χ3v) is 3.35. The van der Waals surface area contributed by atoms with Crippen molar-refractivity contribution in [2.24, 2.45) is 0 Å². The summed E-state index contributed by atoms with van der Waals surface area (Å²) in [6, 6.07) is 5.11. The second kappa shape index (κ2) is 9.48. The van der Waals surface area contributed by atoms with Gasteiger partial charge in [0.2, 0.25) is 0 Å². The van der Waals surface area contributed by atoms with Crippen molar-refractivity contribution in [3.63, 3.8) is 0 Å². The van der Waals surface area contributed by atoms with E-state index in [1.54, 1.807) is 0 Å². The summed E-state index contributed by atoms with van der Waals surface area (Å²) in [4.78, 5) is 24.6. The average Bonchev–Trinajstić information content (AvgIpc) is 2.39. The number of halogens is 1. The van der Waals surface area contributed by atoms with E-state index in [0.717, 1.165) is 5.75 Å². The SMILES string of the molecule is C[S+](C)CCOC(=O)C(=[N+]=[N-])c1ccc([N+](=O)[O-])cc1.[I-]. The van der Waals surface area contributed by atoms with Gasteiger partial charge in [-0.3, -0.25) is 10.1 Å². The fraction of sp³-hybridized carbons (Fsp3) is 0.333. The molecule has 0 aliphatic heterocycles. The number of nitrogens with zero attached hydrogens (tertiary/aromatic N) is 3. The van der Waals surface area contributed by atoms with Gasteiger partial charge < -0.3 is 34.2 Å². The van der Waals surface area contributed by atoms with Crippen LogP contribution in [0.1, 0.15) is 5.56 Å². The van der Waals surface area contributed by atoms with Crippen molar-refractivity contribution >= 4 is 28.3 Å². The van der Waals surface area contributed by atoms with Crippen molar-refractivity contribution in [3.8, 4) is 0 Å². The zero-order valence-electron chi connectivity index (χ0n) is 11.5. The van der Waals surface area contributed by atoms with E-state index in [1.165, 1.54) is 24.3 Å². The van der Waals surface area contributed by atoms with Crippen LogP contribution < -0.4 is 24.0 Å². The van der Waals surface area contributed by atoms with E-state index in [2.05, 4.69) is 4.79 Å². The van der Waals surface area contributed by atoms with Crippen LogP contribution in [-0.2, 0) is 20.4 Å². The largest absolute Gasteiger partial charge is 1.00 e. The number of esters is 1. The van der Waals surface area contributed by atoms with Gasteiger partial charge in [-0.2, -0.15) is 4.79 Å². The lowest BCUT2D eigenvalue weighted by Gasteiger charge is -2.00. The minimum atomic E-state index is -0.758. The number of non-ortho nitro benzene ring substituents is 1. The Morgan fingerprint density at radius 1 is 1.38 bits per heavy atom. The molecule has 9 heteroatoms. The third-order valence-electron chi connectivity index (χ3n) is 2.37. The Morgan fingerprint density at radius 2 is 1.95 bits per heavy atom. The number of rotatable bonds is 6. The number of carbonyl (C=O) groups excluding carboxylic acids is 1. The molecule has 0 atom stereocenters.